The van der Waals surface area contributed by atoms with Crippen molar-refractivity contribution in [1.29, 1.82) is 0 Å². The van der Waals surface area contributed by atoms with Crippen LogP contribution in [0.25, 0.3) is 22.5 Å². The lowest BCUT2D eigenvalue weighted by atomic mass is 9.94. The zero-order valence-corrected chi connectivity index (χ0v) is 21.8. The predicted octanol–water partition coefficient (Wildman–Crippen LogP) is 10.00. The lowest BCUT2D eigenvalue weighted by Gasteiger charge is -2.14. The molecule has 0 saturated heterocycles. The number of halogens is 2. The molecule has 0 aliphatic rings. The van der Waals surface area contributed by atoms with E-state index in [0.717, 1.165) is 49.8 Å². The Morgan fingerprint density at radius 3 is 2.17 bits per heavy atom. The van der Waals surface area contributed by atoms with Gasteiger partial charge in [-0.2, -0.15) is 0 Å². The number of benzene rings is 2. The van der Waals surface area contributed by atoms with Crippen LogP contribution in [0.15, 0.2) is 42.6 Å². The summed E-state index contributed by atoms with van der Waals surface area (Å²) in [6.45, 7) is 6.61. The fraction of sp³-hybridized carbons (Fsp3) is 0.516. The summed E-state index contributed by atoms with van der Waals surface area (Å²) < 4.78 is 30.3. The SMILES string of the molecule is CCCCCCCc1ccc(-c2ccccc2-c2ncc(C(CCC)CCCCC)[nH]2)c(F)c1F. The van der Waals surface area contributed by atoms with Gasteiger partial charge >= 0.3 is 0 Å². The van der Waals surface area contributed by atoms with Crippen molar-refractivity contribution in [3.05, 3.63) is 65.5 Å². The third kappa shape index (κ3) is 7.25. The van der Waals surface area contributed by atoms with Crippen LogP contribution in [-0.2, 0) is 6.42 Å². The van der Waals surface area contributed by atoms with E-state index in [1.165, 1.54) is 32.1 Å². The maximum absolute atomic E-state index is 15.3. The zero-order valence-electron chi connectivity index (χ0n) is 21.8. The van der Waals surface area contributed by atoms with E-state index < -0.39 is 11.6 Å². The van der Waals surface area contributed by atoms with Crippen LogP contribution in [-0.4, -0.2) is 9.97 Å². The second-order valence-electron chi connectivity index (χ2n) is 9.78. The Morgan fingerprint density at radius 1 is 0.714 bits per heavy atom. The first kappa shape index (κ1) is 27.1. The van der Waals surface area contributed by atoms with Gasteiger partial charge in [0.25, 0.3) is 0 Å². The molecule has 1 unspecified atom stereocenters. The van der Waals surface area contributed by atoms with Gasteiger partial charge in [0.05, 0.1) is 0 Å². The molecule has 0 saturated carbocycles. The van der Waals surface area contributed by atoms with Crippen LogP contribution in [0.4, 0.5) is 8.78 Å². The number of aromatic amines is 1. The topological polar surface area (TPSA) is 28.7 Å². The van der Waals surface area contributed by atoms with Crippen molar-refractivity contribution in [3.63, 3.8) is 0 Å². The van der Waals surface area contributed by atoms with Gasteiger partial charge in [0.15, 0.2) is 11.6 Å². The van der Waals surface area contributed by atoms with E-state index in [2.05, 4.69) is 30.7 Å². The Hall–Kier alpha value is -2.49. The number of nitrogens with one attached hydrogen (secondary N) is 1. The summed E-state index contributed by atoms with van der Waals surface area (Å²) in [5, 5.41) is 0. The Bertz CT molecular complexity index is 1040. The molecule has 35 heavy (non-hydrogen) atoms. The molecule has 0 radical (unpaired) electrons. The molecule has 190 valence electrons. The van der Waals surface area contributed by atoms with Gasteiger partial charge in [0.1, 0.15) is 5.82 Å². The van der Waals surface area contributed by atoms with Gasteiger partial charge in [-0.15, -0.1) is 0 Å². The Morgan fingerprint density at radius 2 is 1.43 bits per heavy atom. The van der Waals surface area contributed by atoms with Gasteiger partial charge in [0, 0.05) is 28.9 Å². The van der Waals surface area contributed by atoms with E-state index in [1.54, 1.807) is 12.1 Å². The van der Waals surface area contributed by atoms with E-state index >= 15 is 8.78 Å². The Labute approximate surface area is 210 Å². The summed E-state index contributed by atoms with van der Waals surface area (Å²) in [5.74, 6) is -0.316. The summed E-state index contributed by atoms with van der Waals surface area (Å²) in [6, 6.07) is 11.1. The third-order valence-corrected chi connectivity index (χ3v) is 7.01. The highest BCUT2D eigenvalue weighted by molar-refractivity contribution is 5.81. The van der Waals surface area contributed by atoms with Crippen molar-refractivity contribution in [2.45, 2.75) is 104 Å². The highest BCUT2D eigenvalue weighted by Gasteiger charge is 2.20. The monoisotopic (exact) mass is 480 g/mol. The lowest BCUT2D eigenvalue weighted by Crippen LogP contribution is -2.00. The van der Waals surface area contributed by atoms with Gasteiger partial charge in [-0.1, -0.05) is 109 Å². The first-order valence-corrected chi connectivity index (χ1v) is 13.7. The minimum Gasteiger partial charge on any atom is -0.342 e. The molecule has 0 aliphatic heterocycles. The van der Waals surface area contributed by atoms with E-state index in [9.17, 15) is 0 Å². The molecule has 3 aromatic rings. The molecule has 0 fully saturated rings. The highest BCUT2D eigenvalue weighted by Crippen LogP contribution is 2.35. The van der Waals surface area contributed by atoms with Crippen LogP contribution in [0.2, 0.25) is 0 Å². The lowest BCUT2D eigenvalue weighted by molar-refractivity contribution is 0.497. The number of aromatic nitrogens is 2. The first-order chi connectivity index (χ1) is 17.1. The first-order valence-electron chi connectivity index (χ1n) is 13.7. The second kappa shape index (κ2) is 14.2. The van der Waals surface area contributed by atoms with Gasteiger partial charge in [-0.3, -0.25) is 0 Å². The molecule has 2 aromatic carbocycles. The molecular formula is C31H42F2N2. The summed E-state index contributed by atoms with van der Waals surface area (Å²) in [4.78, 5) is 8.18. The van der Waals surface area contributed by atoms with Crippen LogP contribution >= 0.6 is 0 Å². The molecule has 1 heterocycles. The van der Waals surface area contributed by atoms with Crippen molar-refractivity contribution < 1.29 is 8.78 Å². The third-order valence-electron chi connectivity index (χ3n) is 7.01. The molecule has 0 spiro atoms. The molecule has 4 heteroatoms. The number of unbranched alkanes of at least 4 members (excludes halogenated alkanes) is 6. The normalized spacial score (nSPS) is 12.3. The van der Waals surface area contributed by atoms with Gasteiger partial charge in [-0.25, -0.2) is 13.8 Å². The van der Waals surface area contributed by atoms with Crippen LogP contribution in [0, 0.1) is 11.6 Å². The summed E-state index contributed by atoms with van der Waals surface area (Å²) >= 11 is 0. The average molecular weight is 481 g/mol. The van der Waals surface area contributed by atoms with Gasteiger partial charge < -0.3 is 4.98 Å². The predicted molar refractivity (Wildman–Crippen MR) is 144 cm³/mol. The van der Waals surface area contributed by atoms with E-state index in [-0.39, 0.29) is 0 Å². The largest absolute Gasteiger partial charge is 0.342 e. The number of hydrogen-bond donors (Lipinski definition) is 1. The van der Waals surface area contributed by atoms with Crippen LogP contribution in [0.5, 0.6) is 0 Å². The van der Waals surface area contributed by atoms with Crippen molar-refractivity contribution in [1.82, 2.24) is 9.97 Å². The summed E-state index contributed by atoms with van der Waals surface area (Å²) in [6.07, 6.45) is 15.0. The molecular weight excluding hydrogens is 438 g/mol. The maximum Gasteiger partial charge on any atom is 0.166 e. The number of rotatable bonds is 15. The molecule has 1 N–H and O–H groups in total. The van der Waals surface area contributed by atoms with Crippen LogP contribution < -0.4 is 0 Å². The Kier molecular flexibility index (Phi) is 11.0. The van der Waals surface area contributed by atoms with Crippen LogP contribution in [0.1, 0.15) is 109 Å². The van der Waals surface area contributed by atoms with E-state index in [0.29, 0.717) is 34.9 Å². The molecule has 0 amide bonds. The summed E-state index contributed by atoms with van der Waals surface area (Å²) in [5.41, 5.74) is 3.36. The maximum atomic E-state index is 15.3. The van der Waals surface area contributed by atoms with Crippen molar-refractivity contribution >= 4 is 0 Å². The van der Waals surface area contributed by atoms with Crippen molar-refractivity contribution in [2.24, 2.45) is 0 Å². The van der Waals surface area contributed by atoms with Gasteiger partial charge in [-0.05, 0) is 36.8 Å². The smallest absolute Gasteiger partial charge is 0.166 e. The molecule has 1 aromatic heterocycles. The molecule has 0 aliphatic carbocycles. The molecule has 2 nitrogen and oxygen atoms in total. The number of hydrogen-bond acceptors (Lipinski definition) is 1. The van der Waals surface area contributed by atoms with Gasteiger partial charge in [0.2, 0.25) is 0 Å². The van der Waals surface area contributed by atoms with Crippen LogP contribution in [0.3, 0.4) is 0 Å². The number of imidazole rings is 1. The molecule has 1 atom stereocenters. The summed E-state index contributed by atoms with van der Waals surface area (Å²) in [7, 11) is 0. The number of H-pyrrole nitrogens is 1. The average Bonchev–Trinajstić information content (AvgIpc) is 3.36. The number of nitrogens with zero attached hydrogens (tertiary/aromatic N) is 1. The zero-order chi connectivity index (χ0) is 25.0. The second-order valence-corrected chi connectivity index (χ2v) is 9.78. The standard InChI is InChI=1S/C31H42F2N2/c1-4-7-9-10-12-17-24-20-21-26(30(33)29(24)32)25-18-13-14-19-27(25)31-34-22-28(35-31)23(15-6-3)16-11-8-5-2/h13-14,18-23H,4-12,15-17H2,1-3H3,(H,34,35). The minimum atomic E-state index is -0.765. The number of aryl methyl sites for hydroxylation is 1. The molecule has 3 rings (SSSR count). The Balaban J connectivity index is 1.84. The fourth-order valence-electron chi connectivity index (χ4n) is 4.96. The highest BCUT2D eigenvalue weighted by atomic mass is 19.2. The van der Waals surface area contributed by atoms with Crippen molar-refractivity contribution in [2.75, 3.05) is 0 Å². The van der Waals surface area contributed by atoms with E-state index in [4.69, 9.17) is 0 Å². The quantitative estimate of drug-likeness (QED) is 0.215. The van der Waals surface area contributed by atoms with Crippen molar-refractivity contribution in [3.8, 4) is 22.5 Å². The van der Waals surface area contributed by atoms with E-state index in [1.807, 2.05) is 30.5 Å². The molecule has 0 bridgehead atoms. The fourth-order valence-corrected chi connectivity index (χ4v) is 4.96. The minimum absolute atomic E-state index is 0.291.